The van der Waals surface area contributed by atoms with Gasteiger partial charge in [0.15, 0.2) is 0 Å². The largest absolute Gasteiger partial charge is 0.478 e. The van der Waals surface area contributed by atoms with Gasteiger partial charge in [0.1, 0.15) is 0 Å². The predicted octanol–water partition coefficient (Wildman–Crippen LogP) is 0.854. The average Bonchev–Trinajstić information content (AvgIpc) is 1.87. The molecule has 0 aromatic carbocycles. The van der Waals surface area contributed by atoms with Crippen LogP contribution in [0.1, 0.15) is 6.92 Å². The van der Waals surface area contributed by atoms with E-state index >= 15 is 0 Å². The van der Waals surface area contributed by atoms with Crippen molar-refractivity contribution >= 4 is 11.9 Å². The van der Waals surface area contributed by atoms with Crippen molar-refractivity contribution in [1.29, 1.82) is 0 Å². The second kappa shape index (κ2) is 4.08. The summed E-state index contributed by atoms with van der Waals surface area (Å²) in [6, 6.07) is 0. The molecule has 0 bridgehead atoms. The van der Waals surface area contributed by atoms with Gasteiger partial charge in [-0.3, -0.25) is 4.79 Å². The maximum Gasteiger partial charge on any atom is 0.331 e. The lowest BCUT2D eigenvalue weighted by molar-refractivity contribution is -0.132. The maximum absolute atomic E-state index is 10.4. The van der Waals surface area contributed by atoms with Gasteiger partial charge in [0, 0.05) is 10.5 Å². The molecule has 0 aromatic heterocycles. The molecule has 0 heterocycles. The molecule has 0 aromatic rings. The Morgan fingerprint density at radius 3 is 2.55 bits per heavy atom. The van der Waals surface area contributed by atoms with Gasteiger partial charge in [-0.05, 0) is 23.6 Å². The van der Waals surface area contributed by atoms with Gasteiger partial charge in [-0.25, -0.2) is 4.79 Å². The summed E-state index contributed by atoms with van der Waals surface area (Å²) in [5, 5.41) is 10.9. The van der Waals surface area contributed by atoms with Crippen molar-refractivity contribution in [2.75, 3.05) is 0 Å². The number of nitrogens with zero attached hydrogens (tertiary/aromatic N) is 3. The molecule has 0 radical (unpaired) electrons. The van der Waals surface area contributed by atoms with E-state index in [0.717, 1.165) is 6.08 Å². The minimum atomic E-state index is -1.22. The minimum Gasteiger partial charge on any atom is -0.478 e. The third-order valence-corrected chi connectivity index (χ3v) is 0.821. The monoisotopic (exact) mass is 155 g/mol. The highest BCUT2D eigenvalue weighted by Crippen LogP contribution is 1.92. The number of amides is 1. The first kappa shape index (κ1) is 9.19. The minimum absolute atomic E-state index is 0.164. The number of carboxylic acids is 1. The molecule has 0 fully saturated rings. The van der Waals surface area contributed by atoms with E-state index in [1.807, 2.05) is 0 Å². The van der Waals surface area contributed by atoms with Crippen molar-refractivity contribution < 1.29 is 14.7 Å². The van der Waals surface area contributed by atoms with Crippen molar-refractivity contribution in [2.24, 2.45) is 5.11 Å². The number of hydrogen-bond acceptors (Lipinski definition) is 2. The van der Waals surface area contributed by atoms with E-state index in [9.17, 15) is 9.59 Å². The summed E-state index contributed by atoms with van der Waals surface area (Å²) >= 11 is 0. The van der Waals surface area contributed by atoms with Crippen LogP contribution in [-0.2, 0) is 9.59 Å². The summed E-state index contributed by atoms with van der Waals surface area (Å²) in [5.74, 6) is -2.13. The fraction of sp³-hybridized carbons (Fsp3) is 0.200. The molecule has 6 heteroatoms. The molecule has 11 heavy (non-hydrogen) atoms. The molecule has 0 aliphatic rings. The van der Waals surface area contributed by atoms with Crippen molar-refractivity contribution in [3.8, 4) is 0 Å². The molecule has 0 spiro atoms. The van der Waals surface area contributed by atoms with Gasteiger partial charge in [0.2, 0.25) is 5.91 Å². The molecule has 1 N–H and O–H groups in total. The highest BCUT2D eigenvalue weighted by Gasteiger charge is 2.01. The predicted molar refractivity (Wildman–Crippen MR) is 35.5 cm³/mol. The molecule has 0 saturated heterocycles. The van der Waals surface area contributed by atoms with Crippen LogP contribution < -0.4 is 0 Å². The fourth-order valence-electron chi connectivity index (χ4n) is 0.320. The van der Waals surface area contributed by atoms with Crippen molar-refractivity contribution in [2.45, 2.75) is 6.92 Å². The van der Waals surface area contributed by atoms with Gasteiger partial charge in [0.25, 0.3) is 0 Å². The number of carbonyl (C=O) groups excluding carboxylic acids is 1. The molecule has 0 rings (SSSR count). The second-order valence-corrected chi connectivity index (χ2v) is 1.66. The second-order valence-electron chi connectivity index (χ2n) is 1.66. The lowest BCUT2D eigenvalue weighted by atomic mass is 10.3. The van der Waals surface area contributed by atoms with Gasteiger partial charge in [-0.1, -0.05) is 0 Å². The van der Waals surface area contributed by atoms with Gasteiger partial charge >= 0.3 is 5.97 Å². The summed E-state index contributed by atoms with van der Waals surface area (Å²) < 4.78 is 0. The van der Waals surface area contributed by atoms with Crippen molar-refractivity contribution in [1.82, 2.24) is 0 Å². The van der Waals surface area contributed by atoms with Crippen LogP contribution in [0.5, 0.6) is 0 Å². The van der Waals surface area contributed by atoms with Gasteiger partial charge in [0.05, 0.1) is 0 Å². The van der Waals surface area contributed by atoms with Crippen LogP contribution in [-0.4, -0.2) is 17.0 Å². The van der Waals surface area contributed by atoms with E-state index in [1.165, 1.54) is 6.92 Å². The van der Waals surface area contributed by atoms with Crippen molar-refractivity contribution in [3.05, 3.63) is 22.1 Å². The molecule has 0 saturated carbocycles. The van der Waals surface area contributed by atoms with E-state index in [1.54, 1.807) is 0 Å². The first-order valence-corrected chi connectivity index (χ1v) is 2.58. The smallest absolute Gasteiger partial charge is 0.331 e. The molecule has 0 aliphatic carbocycles. The normalized spacial score (nSPS) is 10.1. The van der Waals surface area contributed by atoms with Crippen LogP contribution in [0.3, 0.4) is 0 Å². The lowest BCUT2D eigenvalue weighted by Gasteiger charge is -1.87. The number of carboxylic acid groups (broad SMARTS) is 1. The quantitative estimate of drug-likeness (QED) is 0.276. The summed E-state index contributed by atoms with van der Waals surface area (Å²) in [6.45, 7) is 1.23. The van der Waals surface area contributed by atoms with E-state index in [2.05, 4.69) is 10.0 Å². The average molecular weight is 155 g/mol. The Labute approximate surface area is 61.8 Å². The van der Waals surface area contributed by atoms with Gasteiger partial charge in [-0.15, -0.1) is 0 Å². The maximum atomic E-state index is 10.4. The Morgan fingerprint density at radius 2 is 2.18 bits per heavy atom. The molecule has 6 nitrogen and oxygen atoms in total. The zero-order valence-corrected chi connectivity index (χ0v) is 5.68. The molecule has 0 atom stereocenters. The van der Waals surface area contributed by atoms with Crippen LogP contribution >= 0.6 is 0 Å². The van der Waals surface area contributed by atoms with E-state index in [-0.39, 0.29) is 5.57 Å². The number of aliphatic carboxylic acids is 1. The summed E-state index contributed by atoms with van der Waals surface area (Å²) in [7, 11) is 0. The fourth-order valence-corrected chi connectivity index (χ4v) is 0.320. The van der Waals surface area contributed by atoms with Crippen LogP contribution in [0.15, 0.2) is 16.8 Å². The Morgan fingerprint density at radius 1 is 1.64 bits per heavy atom. The lowest BCUT2D eigenvalue weighted by Crippen LogP contribution is -1.98. The first-order valence-electron chi connectivity index (χ1n) is 2.58. The standard InChI is InChI=1S/C5H5N3O3/c1-3(5(10)11)2-4(9)7-8-6/h2H,1H3,(H,10,11). The highest BCUT2D eigenvalue weighted by molar-refractivity contribution is 5.97. The highest BCUT2D eigenvalue weighted by atomic mass is 16.4. The Balaban J connectivity index is 4.43. The topological polar surface area (TPSA) is 103 Å². The van der Waals surface area contributed by atoms with Crippen LogP contribution in [0, 0.1) is 0 Å². The van der Waals surface area contributed by atoms with Crippen LogP contribution in [0.2, 0.25) is 0 Å². The third-order valence-electron chi connectivity index (χ3n) is 0.821. The van der Waals surface area contributed by atoms with Gasteiger partial charge in [-0.2, -0.15) is 0 Å². The molecule has 58 valence electrons. The molecular weight excluding hydrogens is 150 g/mol. The Kier molecular flexibility index (Phi) is 3.41. The van der Waals surface area contributed by atoms with Gasteiger partial charge < -0.3 is 5.11 Å². The SMILES string of the molecule is CC(=CC(=O)N=[N+]=[N-])C(=O)O. The third kappa shape index (κ3) is 3.72. The van der Waals surface area contributed by atoms with Crippen molar-refractivity contribution in [3.63, 3.8) is 0 Å². The zero-order valence-electron chi connectivity index (χ0n) is 5.68. The van der Waals surface area contributed by atoms with Crippen LogP contribution in [0.25, 0.3) is 10.4 Å². The van der Waals surface area contributed by atoms with E-state index < -0.39 is 11.9 Å². The zero-order chi connectivity index (χ0) is 8.85. The molecule has 1 amide bonds. The Hall–Kier alpha value is -1.81. The molecule has 0 aliphatic heterocycles. The van der Waals surface area contributed by atoms with Crippen LogP contribution in [0.4, 0.5) is 0 Å². The number of azide groups is 1. The molecule has 0 unspecified atom stereocenters. The summed E-state index contributed by atoms with van der Waals surface area (Å²) in [5.41, 5.74) is 7.58. The first-order chi connectivity index (χ1) is 5.07. The molecular formula is C5H5N3O3. The summed E-state index contributed by atoms with van der Waals surface area (Å²) in [4.78, 5) is 22.7. The number of rotatable bonds is 2. The number of hydrogen-bond donors (Lipinski definition) is 1. The summed E-state index contributed by atoms with van der Waals surface area (Å²) in [6.07, 6.45) is 0.752. The van der Waals surface area contributed by atoms with E-state index in [0.29, 0.717) is 0 Å². The Bertz CT molecular complexity index is 262. The number of carbonyl (C=O) groups is 2. The van der Waals surface area contributed by atoms with E-state index in [4.69, 9.17) is 10.6 Å².